The summed E-state index contributed by atoms with van der Waals surface area (Å²) in [4.78, 5) is 24.1. The molecule has 0 spiro atoms. The van der Waals surface area contributed by atoms with Gasteiger partial charge in [0.25, 0.3) is 5.91 Å². The molecule has 3 rings (SSSR count). The molecule has 2 atom stereocenters. The molecule has 1 aromatic carbocycles. The third-order valence-electron chi connectivity index (χ3n) is 4.39. The zero-order valence-corrected chi connectivity index (χ0v) is 13.2. The lowest BCUT2D eigenvalue weighted by Crippen LogP contribution is -2.51. The van der Waals surface area contributed by atoms with Crippen LogP contribution in [0.15, 0.2) is 42.7 Å². The van der Waals surface area contributed by atoms with Crippen LogP contribution in [0.5, 0.6) is 0 Å². The number of aromatic nitrogens is 2. The van der Waals surface area contributed by atoms with Gasteiger partial charge < -0.3 is 15.0 Å². The molecule has 1 saturated heterocycles. The molecule has 2 heterocycles. The highest BCUT2D eigenvalue weighted by Crippen LogP contribution is 2.25. The van der Waals surface area contributed by atoms with Gasteiger partial charge in [-0.25, -0.2) is 4.98 Å². The maximum atomic E-state index is 12.6. The normalized spacial score (nSPS) is 20.4. The molecule has 122 valence electrons. The number of nitrogens with one attached hydrogen (secondary N) is 1. The molecule has 1 unspecified atom stereocenters. The highest BCUT2D eigenvalue weighted by Gasteiger charge is 2.33. The summed E-state index contributed by atoms with van der Waals surface area (Å²) in [7, 11) is 0. The molecule has 2 N–H and O–H groups in total. The number of amides is 1. The number of piperazine rings is 1. The molecular weight excluding hydrogens is 292 g/mol. The van der Waals surface area contributed by atoms with Gasteiger partial charge in [-0.3, -0.25) is 9.69 Å². The van der Waals surface area contributed by atoms with E-state index in [1.165, 1.54) is 0 Å². The van der Waals surface area contributed by atoms with Crippen LogP contribution < -0.4 is 0 Å². The van der Waals surface area contributed by atoms with Gasteiger partial charge in [-0.1, -0.05) is 37.3 Å². The Morgan fingerprint density at radius 3 is 2.83 bits per heavy atom. The van der Waals surface area contributed by atoms with Crippen molar-refractivity contribution in [1.82, 2.24) is 19.8 Å². The average molecular weight is 314 g/mol. The molecule has 0 saturated carbocycles. The lowest BCUT2D eigenvalue weighted by Gasteiger charge is -2.40. The number of carbonyl (C=O) groups is 1. The maximum Gasteiger partial charge on any atom is 0.256 e. The molecular formula is C17H22N4O2. The summed E-state index contributed by atoms with van der Waals surface area (Å²) in [6.45, 7) is 4.92. The number of aliphatic hydroxyl groups is 1. The molecule has 2 aromatic rings. The molecule has 0 aliphatic carbocycles. The van der Waals surface area contributed by atoms with Crippen molar-refractivity contribution in [2.75, 3.05) is 26.2 Å². The molecule has 6 heteroatoms. The molecule has 1 aliphatic rings. The van der Waals surface area contributed by atoms with Crippen molar-refractivity contribution in [3.8, 4) is 0 Å². The standard InChI is InChI=1S/C17H22N4O2/c1-2-20-10-11-21(12-14(20)16-18-8-9-19-16)17(23)15(22)13-6-4-3-5-7-13/h3-9,14-15,22H,2,10-12H2,1H3,(H,18,19)/t14?,15-/m0/s1. The Morgan fingerprint density at radius 2 is 2.17 bits per heavy atom. The quantitative estimate of drug-likeness (QED) is 0.893. The predicted octanol–water partition coefficient (Wildman–Crippen LogP) is 1.35. The smallest absolute Gasteiger partial charge is 0.256 e. The Hall–Kier alpha value is -2.18. The van der Waals surface area contributed by atoms with E-state index in [-0.39, 0.29) is 11.9 Å². The van der Waals surface area contributed by atoms with E-state index in [1.54, 1.807) is 29.4 Å². The summed E-state index contributed by atoms with van der Waals surface area (Å²) in [6, 6.07) is 9.10. The minimum Gasteiger partial charge on any atom is -0.378 e. The Bertz CT molecular complexity index is 629. The molecule has 23 heavy (non-hydrogen) atoms. The summed E-state index contributed by atoms with van der Waals surface area (Å²) in [6.07, 6.45) is 2.41. The van der Waals surface area contributed by atoms with Crippen LogP contribution in [0.4, 0.5) is 0 Å². The van der Waals surface area contributed by atoms with E-state index in [1.807, 2.05) is 18.2 Å². The number of aliphatic hydroxyl groups excluding tert-OH is 1. The Labute approximate surface area is 135 Å². The number of hydrogen-bond donors (Lipinski definition) is 2. The molecule has 0 bridgehead atoms. The second-order valence-electron chi connectivity index (χ2n) is 5.72. The second kappa shape index (κ2) is 6.93. The fourth-order valence-corrected chi connectivity index (χ4v) is 3.07. The van der Waals surface area contributed by atoms with Gasteiger partial charge in [-0.15, -0.1) is 0 Å². The molecule has 1 fully saturated rings. The monoisotopic (exact) mass is 314 g/mol. The van der Waals surface area contributed by atoms with Gasteiger partial charge >= 0.3 is 0 Å². The van der Waals surface area contributed by atoms with Crippen molar-refractivity contribution in [3.63, 3.8) is 0 Å². The Balaban J connectivity index is 1.74. The highest BCUT2D eigenvalue weighted by molar-refractivity contribution is 5.82. The SMILES string of the molecule is CCN1CCN(C(=O)[C@@H](O)c2ccccc2)CC1c1ncc[nH]1. The molecule has 1 aliphatic heterocycles. The van der Waals surface area contributed by atoms with Gasteiger partial charge in [0.05, 0.1) is 6.04 Å². The first-order valence-corrected chi connectivity index (χ1v) is 7.95. The third kappa shape index (κ3) is 3.28. The first-order chi connectivity index (χ1) is 11.2. The van der Waals surface area contributed by atoms with Crippen LogP contribution in [0, 0.1) is 0 Å². The van der Waals surface area contributed by atoms with E-state index in [0.717, 1.165) is 18.9 Å². The van der Waals surface area contributed by atoms with Crippen molar-refractivity contribution in [1.29, 1.82) is 0 Å². The van der Waals surface area contributed by atoms with Gasteiger partial charge in [0.1, 0.15) is 5.82 Å². The van der Waals surface area contributed by atoms with Crippen LogP contribution in [-0.2, 0) is 4.79 Å². The molecule has 6 nitrogen and oxygen atoms in total. The van der Waals surface area contributed by atoms with Gasteiger partial charge in [-0.2, -0.15) is 0 Å². The van der Waals surface area contributed by atoms with Crippen molar-refractivity contribution in [2.24, 2.45) is 0 Å². The number of benzene rings is 1. The highest BCUT2D eigenvalue weighted by atomic mass is 16.3. The minimum atomic E-state index is -1.11. The lowest BCUT2D eigenvalue weighted by atomic mass is 10.1. The van der Waals surface area contributed by atoms with Crippen molar-refractivity contribution in [3.05, 3.63) is 54.1 Å². The summed E-state index contributed by atoms with van der Waals surface area (Å²) in [5.41, 5.74) is 0.630. The van der Waals surface area contributed by atoms with Gasteiger partial charge in [0.2, 0.25) is 0 Å². The number of nitrogens with zero attached hydrogens (tertiary/aromatic N) is 3. The fraction of sp³-hybridized carbons (Fsp3) is 0.412. The number of imidazole rings is 1. The zero-order valence-electron chi connectivity index (χ0n) is 13.2. The van der Waals surface area contributed by atoms with Crippen molar-refractivity contribution >= 4 is 5.91 Å². The van der Waals surface area contributed by atoms with Crippen LogP contribution in [0.2, 0.25) is 0 Å². The molecule has 1 aromatic heterocycles. The largest absolute Gasteiger partial charge is 0.378 e. The first-order valence-electron chi connectivity index (χ1n) is 7.95. The van der Waals surface area contributed by atoms with E-state index < -0.39 is 6.10 Å². The van der Waals surface area contributed by atoms with E-state index in [4.69, 9.17) is 0 Å². The van der Waals surface area contributed by atoms with Crippen LogP contribution in [-0.4, -0.2) is 57.0 Å². The number of carbonyl (C=O) groups excluding carboxylic acids is 1. The number of likely N-dealkylation sites (N-methyl/N-ethyl adjacent to an activating group) is 1. The fourth-order valence-electron chi connectivity index (χ4n) is 3.07. The molecule has 0 radical (unpaired) electrons. The number of rotatable bonds is 4. The van der Waals surface area contributed by atoms with Crippen LogP contribution in [0.3, 0.4) is 0 Å². The number of H-pyrrole nitrogens is 1. The maximum absolute atomic E-state index is 12.6. The zero-order chi connectivity index (χ0) is 16.2. The Kier molecular flexibility index (Phi) is 4.73. The summed E-state index contributed by atoms with van der Waals surface area (Å²) < 4.78 is 0. The molecule has 1 amide bonds. The Morgan fingerprint density at radius 1 is 1.39 bits per heavy atom. The van der Waals surface area contributed by atoms with Gasteiger partial charge in [-0.05, 0) is 12.1 Å². The predicted molar refractivity (Wildman–Crippen MR) is 86.6 cm³/mol. The lowest BCUT2D eigenvalue weighted by molar-refractivity contribution is -0.143. The van der Waals surface area contributed by atoms with Gasteiger partial charge in [0.15, 0.2) is 6.10 Å². The van der Waals surface area contributed by atoms with E-state index in [0.29, 0.717) is 18.7 Å². The van der Waals surface area contributed by atoms with Crippen LogP contribution >= 0.6 is 0 Å². The van der Waals surface area contributed by atoms with E-state index in [2.05, 4.69) is 21.8 Å². The van der Waals surface area contributed by atoms with E-state index >= 15 is 0 Å². The number of hydrogen-bond acceptors (Lipinski definition) is 4. The van der Waals surface area contributed by atoms with Crippen molar-refractivity contribution < 1.29 is 9.90 Å². The average Bonchev–Trinajstić information content (AvgIpc) is 3.15. The number of aromatic amines is 1. The van der Waals surface area contributed by atoms with E-state index in [9.17, 15) is 9.90 Å². The summed E-state index contributed by atoms with van der Waals surface area (Å²) in [5.74, 6) is 0.613. The minimum absolute atomic E-state index is 0.0377. The third-order valence-corrected chi connectivity index (χ3v) is 4.39. The van der Waals surface area contributed by atoms with Gasteiger partial charge in [0, 0.05) is 32.0 Å². The van der Waals surface area contributed by atoms with Crippen LogP contribution in [0.25, 0.3) is 0 Å². The summed E-state index contributed by atoms with van der Waals surface area (Å²) >= 11 is 0. The van der Waals surface area contributed by atoms with Crippen LogP contribution in [0.1, 0.15) is 30.5 Å². The topological polar surface area (TPSA) is 72.5 Å². The first kappa shape index (κ1) is 15.7. The summed E-state index contributed by atoms with van der Waals surface area (Å²) in [5, 5.41) is 10.4. The van der Waals surface area contributed by atoms with Crippen molar-refractivity contribution in [2.45, 2.75) is 19.1 Å². The second-order valence-corrected chi connectivity index (χ2v) is 5.72.